The first-order valence-electron chi connectivity index (χ1n) is 6.16. The maximum atomic E-state index is 12.5. The topological polar surface area (TPSA) is 53.4 Å². The largest absolute Gasteiger partial charge is 0.508 e. The van der Waals surface area contributed by atoms with Crippen molar-refractivity contribution in [2.24, 2.45) is 0 Å². The smallest absolute Gasteiger partial charge is 0.260 e. The molecule has 2 rings (SSSR count). The van der Waals surface area contributed by atoms with Crippen molar-refractivity contribution in [3.05, 3.63) is 53.9 Å². The Kier molecular flexibility index (Phi) is 3.80. The molecule has 1 aromatic heterocycles. The third kappa shape index (κ3) is 2.73. The molecule has 1 heterocycles. The van der Waals surface area contributed by atoms with E-state index in [2.05, 4.69) is 4.98 Å². The predicted octanol–water partition coefficient (Wildman–Crippen LogP) is 2.76. The van der Waals surface area contributed by atoms with Crippen LogP contribution in [0.1, 0.15) is 23.0 Å². The maximum absolute atomic E-state index is 12.5. The van der Waals surface area contributed by atoms with Crippen LogP contribution < -0.4 is 4.90 Å². The van der Waals surface area contributed by atoms with Crippen molar-refractivity contribution in [3.63, 3.8) is 0 Å². The summed E-state index contributed by atoms with van der Waals surface area (Å²) in [6.45, 7) is 4.23. The van der Waals surface area contributed by atoms with Gasteiger partial charge in [0.15, 0.2) is 0 Å². The fraction of sp³-hybridized carbons (Fsp3) is 0.200. The first kappa shape index (κ1) is 13.1. The predicted molar refractivity (Wildman–Crippen MR) is 74.4 cm³/mol. The van der Waals surface area contributed by atoms with Gasteiger partial charge in [-0.15, -0.1) is 0 Å². The minimum absolute atomic E-state index is 0.112. The van der Waals surface area contributed by atoms with Crippen LogP contribution in [0.2, 0.25) is 0 Å². The first-order chi connectivity index (χ1) is 9.13. The minimum atomic E-state index is -0.112. The Labute approximate surface area is 112 Å². The molecule has 19 heavy (non-hydrogen) atoms. The molecule has 0 aliphatic carbocycles. The highest BCUT2D eigenvalue weighted by molar-refractivity contribution is 6.06. The number of aromatic hydroxyl groups is 1. The number of carbonyl (C=O) groups is 1. The summed E-state index contributed by atoms with van der Waals surface area (Å²) < 4.78 is 0. The second-order valence-corrected chi connectivity index (χ2v) is 4.21. The molecule has 0 saturated heterocycles. The number of anilines is 1. The Hall–Kier alpha value is -2.36. The van der Waals surface area contributed by atoms with Crippen LogP contribution >= 0.6 is 0 Å². The lowest BCUT2D eigenvalue weighted by atomic mass is 10.1. The van der Waals surface area contributed by atoms with E-state index in [1.165, 1.54) is 0 Å². The van der Waals surface area contributed by atoms with Gasteiger partial charge >= 0.3 is 0 Å². The van der Waals surface area contributed by atoms with E-state index in [9.17, 15) is 9.90 Å². The van der Waals surface area contributed by atoms with Crippen LogP contribution in [0.25, 0.3) is 0 Å². The summed E-state index contributed by atoms with van der Waals surface area (Å²) in [6.07, 6.45) is 1.66. The van der Waals surface area contributed by atoms with Crippen LogP contribution in [0.4, 0.5) is 5.69 Å². The van der Waals surface area contributed by atoms with E-state index in [0.717, 1.165) is 0 Å². The van der Waals surface area contributed by atoms with E-state index < -0.39 is 0 Å². The number of hydrogen-bond donors (Lipinski definition) is 1. The highest BCUT2D eigenvalue weighted by atomic mass is 16.3. The van der Waals surface area contributed by atoms with E-state index in [0.29, 0.717) is 23.5 Å². The molecule has 0 aliphatic heterocycles. The van der Waals surface area contributed by atoms with E-state index in [1.54, 1.807) is 47.5 Å². The van der Waals surface area contributed by atoms with Crippen molar-refractivity contribution < 1.29 is 9.90 Å². The van der Waals surface area contributed by atoms with Gasteiger partial charge in [0.05, 0.1) is 5.56 Å². The van der Waals surface area contributed by atoms with Crippen LogP contribution in [-0.4, -0.2) is 22.5 Å². The third-order valence-corrected chi connectivity index (χ3v) is 2.94. The second kappa shape index (κ2) is 5.52. The SMILES string of the molecule is CCN(C(=O)c1cccnc1C)c1cccc(O)c1. The summed E-state index contributed by atoms with van der Waals surface area (Å²) >= 11 is 0. The zero-order valence-corrected chi connectivity index (χ0v) is 11.0. The molecular weight excluding hydrogens is 240 g/mol. The maximum Gasteiger partial charge on any atom is 0.260 e. The fourth-order valence-corrected chi connectivity index (χ4v) is 1.96. The van der Waals surface area contributed by atoms with Gasteiger partial charge in [0.2, 0.25) is 0 Å². The standard InChI is InChI=1S/C15H16N2O2/c1-3-17(12-6-4-7-13(18)10-12)15(19)14-8-5-9-16-11(14)2/h4-10,18H,3H2,1-2H3. The molecule has 0 aliphatic rings. The van der Waals surface area contributed by atoms with Crippen LogP contribution in [0, 0.1) is 6.92 Å². The molecule has 4 nitrogen and oxygen atoms in total. The number of benzene rings is 1. The van der Waals surface area contributed by atoms with Crippen molar-refractivity contribution in [2.45, 2.75) is 13.8 Å². The van der Waals surface area contributed by atoms with Crippen molar-refractivity contribution in [2.75, 3.05) is 11.4 Å². The van der Waals surface area contributed by atoms with E-state index >= 15 is 0 Å². The third-order valence-electron chi connectivity index (χ3n) is 2.94. The molecule has 1 N–H and O–H groups in total. The van der Waals surface area contributed by atoms with Gasteiger partial charge in [-0.25, -0.2) is 0 Å². The molecular formula is C15H16N2O2. The molecule has 1 amide bonds. The average molecular weight is 256 g/mol. The number of aryl methyl sites for hydroxylation is 1. The zero-order chi connectivity index (χ0) is 13.8. The van der Waals surface area contributed by atoms with Gasteiger partial charge in [0.25, 0.3) is 5.91 Å². The van der Waals surface area contributed by atoms with Crippen molar-refractivity contribution in [3.8, 4) is 5.75 Å². The molecule has 0 bridgehead atoms. The summed E-state index contributed by atoms with van der Waals surface area (Å²) in [5, 5.41) is 9.51. The number of rotatable bonds is 3. The number of phenolic OH excluding ortho intramolecular Hbond substituents is 1. The molecule has 2 aromatic rings. The van der Waals surface area contributed by atoms with E-state index in [1.807, 2.05) is 13.8 Å². The summed E-state index contributed by atoms with van der Waals surface area (Å²) in [6, 6.07) is 10.2. The number of carbonyl (C=O) groups excluding carboxylic acids is 1. The van der Waals surface area contributed by atoms with Gasteiger partial charge in [0, 0.05) is 30.2 Å². The van der Waals surface area contributed by atoms with Crippen molar-refractivity contribution in [1.29, 1.82) is 0 Å². The van der Waals surface area contributed by atoms with Gasteiger partial charge < -0.3 is 10.0 Å². The van der Waals surface area contributed by atoms with Crippen molar-refractivity contribution in [1.82, 2.24) is 4.98 Å². The highest BCUT2D eigenvalue weighted by Gasteiger charge is 2.18. The number of pyridine rings is 1. The average Bonchev–Trinajstić information content (AvgIpc) is 2.40. The Bertz CT molecular complexity index is 596. The highest BCUT2D eigenvalue weighted by Crippen LogP contribution is 2.22. The summed E-state index contributed by atoms with van der Waals surface area (Å²) in [4.78, 5) is 18.3. The number of phenols is 1. The molecule has 0 radical (unpaired) electrons. The molecule has 0 unspecified atom stereocenters. The molecule has 98 valence electrons. The summed E-state index contributed by atoms with van der Waals surface area (Å²) in [5.41, 5.74) is 1.95. The van der Waals surface area contributed by atoms with Gasteiger partial charge in [0.1, 0.15) is 5.75 Å². The number of amides is 1. The molecule has 1 aromatic carbocycles. The van der Waals surface area contributed by atoms with Gasteiger partial charge in [-0.2, -0.15) is 0 Å². The molecule has 0 atom stereocenters. The quantitative estimate of drug-likeness (QED) is 0.918. The van der Waals surface area contributed by atoms with Crippen molar-refractivity contribution >= 4 is 11.6 Å². The lowest BCUT2D eigenvalue weighted by molar-refractivity contribution is 0.0987. The van der Waals surface area contributed by atoms with Crippen LogP contribution in [0.15, 0.2) is 42.6 Å². The molecule has 4 heteroatoms. The van der Waals surface area contributed by atoms with E-state index in [-0.39, 0.29) is 11.7 Å². The summed E-state index contributed by atoms with van der Waals surface area (Å²) in [5.74, 6) is 0.0327. The first-order valence-corrected chi connectivity index (χ1v) is 6.16. The number of hydrogen-bond acceptors (Lipinski definition) is 3. The summed E-state index contributed by atoms with van der Waals surface area (Å²) in [7, 11) is 0. The Balaban J connectivity index is 2.38. The number of nitrogens with zero attached hydrogens (tertiary/aromatic N) is 2. The van der Waals surface area contributed by atoms with Crippen LogP contribution in [-0.2, 0) is 0 Å². The van der Waals surface area contributed by atoms with Gasteiger partial charge in [-0.3, -0.25) is 9.78 Å². The normalized spacial score (nSPS) is 10.2. The Morgan fingerprint density at radius 2 is 2.11 bits per heavy atom. The lowest BCUT2D eigenvalue weighted by Crippen LogP contribution is -2.31. The molecule has 0 fully saturated rings. The fourth-order valence-electron chi connectivity index (χ4n) is 1.96. The number of aromatic nitrogens is 1. The second-order valence-electron chi connectivity index (χ2n) is 4.21. The monoisotopic (exact) mass is 256 g/mol. The van der Waals surface area contributed by atoms with E-state index in [4.69, 9.17) is 0 Å². The van der Waals surface area contributed by atoms with Gasteiger partial charge in [-0.05, 0) is 38.1 Å². The zero-order valence-electron chi connectivity index (χ0n) is 11.0. The van der Waals surface area contributed by atoms with Crippen LogP contribution in [0.5, 0.6) is 5.75 Å². The van der Waals surface area contributed by atoms with Gasteiger partial charge in [-0.1, -0.05) is 6.07 Å². The lowest BCUT2D eigenvalue weighted by Gasteiger charge is -2.21. The van der Waals surface area contributed by atoms with Crippen LogP contribution in [0.3, 0.4) is 0 Å². The Morgan fingerprint density at radius 3 is 2.74 bits per heavy atom. The Morgan fingerprint density at radius 1 is 1.32 bits per heavy atom. The molecule has 0 spiro atoms. The molecule has 0 saturated carbocycles. The minimum Gasteiger partial charge on any atom is -0.508 e.